The third-order valence-corrected chi connectivity index (χ3v) is 2.25. The molecule has 0 aliphatic heterocycles. The summed E-state index contributed by atoms with van der Waals surface area (Å²) in [5.74, 6) is -0.0603. The Bertz CT molecular complexity index is 310. The fourth-order valence-corrected chi connectivity index (χ4v) is 1.37. The molecule has 3 nitrogen and oxygen atoms in total. The summed E-state index contributed by atoms with van der Waals surface area (Å²) in [5, 5.41) is 6.20. The monoisotopic (exact) mass is 212 g/mol. The fraction of sp³-hybridized carbons (Fsp3) is 0.300. The fourth-order valence-electron chi connectivity index (χ4n) is 1.25. The Hall–Kier alpha value is -1.06. The zero-order valence-corrected chi connectivity index (χ0v) is 8.93. The summed E-state index contributed by atoms with van der Waals surface area (Å²) >= 11 is 5.75. The van der Waals surface area contributed by atoms with Crippen molar-refractivity contribution in [2.45, 2.75) is 6.04 Å². The van der Waals surface area contributed by atoms with Gasteiger partial charge >= 0.3 is 0 Å². The van der Waals surface area contributed by atoms with Crippen LogP contribution in [0.3, 0.4) is 0 Å². The lowest BCUT2D eigenvalue weighted by Crippen LogP contribution is -2.33. The molecular formula is C10H13ClN2O. The van der Waals surface area contributed by atoms with Crippen LogP contribution in [0.1, 0.15) is 11.6 Å². The summed E-state index contributed by atoms with van der Waals surface area (Å²) in [7, 11) is 3.36. The number of hydrogen-bond donors (Lipinski definition) is 2. The zero-order chi connectivity index (χ0) is 10.6. The first kappa shape index (κ1) is 11.0. The van der Waals surface area contributed by atoms with Crippen molar-refractivity contribution in [3.05, 3.63) is 34.9 Å². The zero-order valence-electron chi connectivity index (χ0n) is 8.17. The van der Waals surface area contributed by atoms with E-state index in [2.05, 4.69) is 10.6 Å². The molecule has 1 atom stereocenters. The van der Waals surface area contributed by atoms with Gasteiger partial charge < -0.3 is 10.6 Å². The number of hydrogen-bond acceptors (Lipinski definition) is 2. The van der Waals surface area contributed by atoms with E-state index in [1.54, 1.807) is 26.2 Å². The van der Waals surface area contributed by atoms with Crippen molar-refractivity contribution in [2.24, 2.45) is 0 Å². The van der Waals surface area contributed by atoms with Crippen LogP contribution in [0.25, 0.3) is 0 Å². The first-order chi connectivity index (χ1) is 6.69. The van der Waals surface area contributed by atoms with Crippen LogP contribution in [-0.2, 0) is 4.79 Å². The van der Waals surface area contributed by atoms with Gasteiger partial charge in [-0.1, -0.05) is 23.7 Å². The molecule has 1 unspecified atom stereocenters. The molecule has 14 heavy (non-hydrogen) atoms. The standard InChI is InChI=1S/C10H13ClN2O/c1-12-9(10(14)13-2)7-3-5-8(11)6-4-7/h3-6,9,12H,1-2H3,(H,13,14). The van der Waals surface area contributed by atoms with Gasteiger partial charge in [-0.15, -0.1) is 0 Å². The van der Waals surface area contributed by atoms with Crippen molar-refractivity contribution in [2.75, 3.05) is 14.1 Å². The second-order valence-corrected chi connectivity index (χ2v) is 3.32. The summed E-state index contributed by atoms with van der Waals surface area (Å²) in [4.78, 5) is 11.4. The predicted octanol–water partition coefficient (Wildman–Crippen LogP) is 1.35. The molecule has 1 amide bonds. The van der Waals surface area contributed by atoms with Crippen LogP contribution in [0, 0.1) is 0 Å². The van der Waals surface area contributed by atoms with Crippen molar-refractivity contribution in [3.8, 4) is 0 Å². The van der Waals surface area contributed by atoms with Gasteiger partial charge in [0, 0.05) is 12.1 Å². The Labute approximate surface area is 88.5 Å². The van der Waals surface area contributed by atoms with E-state index in [-0.39, 0.29) is 11.9 Å². The first-order valence-electron chi connectivity index (χ1n) is 4.33. The highest BCUT2D eigenvalue weighted by atomic mass is 35.5. The Balaban J connectivity index is 2.89. The molecular weight excluding hydrogens is 200 g/mol. The maximum absolute atomic E-state index is 11.4. The van der Waals surface area contributed by atoms with Crippen LogP contribution in [0.15, 0.2) is 24.3 Å². The molecule has 1 aromatic carbocycles. The molecule has 0 bridgehead atoms. The van der Waals surface area contributed by atoms with Crippen molar-refractivity contribution in [1.29, 1.82) is 0 Å². The second-order valence-electron chi connectivity index (χ2n) is 2.89. The molecule has 0 saturated carbocycles. The normalized spacial score (nSPS) is 12.2. The SMILES string of the molecule is CNC(=O)C(NC)c1ccc(Cl)cc1. The Morgan fingerprint density at radius 2 is 1.86 bits per heavy atom. The van der Waals surface area contributed by atoms with Gasteiger partial charge in [-0.2, -0.15) is 0 Å². The molecule has 0 heterocycles. The van der Waals surface area contributed by atoms with Gasteiger partial charge in [0.2, 0.25) is 5.91 Å². The quantitative estimate of drug-likeness (QED) is 0.794. The summed E-state index contributed by atoms with van der Waals surface area (Å²) in [6.45, 7) is 0. The Kier molecular flexibility index (Phi) is 3.92. The first-order valence-corrected chi connectivity index (χ1v) is 4.71. The third-order valence-electron chi connectivity index (χ3n) is 2.00. The topological polar surface area (TPSA) is 41.1 Å². The molecule has 1 aromatic rings. The highest BCUT2D eigenvalue weighted by Gasteiger charge is 2.16. The van der Waals surface area contributed by atoms with Gasteiger partial charge in [0.1, 0.15) is 6.04 Å². The number of carbonyl (C=O) groups excluding carboxylic acids is 1. The van der Waals surface area contributed by atoms with Crippen molar-refractivity contribution < 1.29 is 4.79 Å². The molecule has 0 saturated heterocycles. The average molecular weight is 213 g/mol. The van der Waals surface area contributed by atoms with E-state index in [9.17, 15) is 4.79 Å². The Morgan fingerprint density at radius 1 is 1.29 bits per heavy atom. The van der Waals surface area contributed by atoms with E-state index < -0.39 is 0 Å². The van der Waals surface area contributed by atoms with Crippen molar-refractivity contribution >= 4 is 17.5 Å². The minimum absolute atomic E-state index is 0.0603. The van der Waals surface area contributed by atoms with E-state index in [4.69, 9.17) is 11.6 Å². The smallest absolute Gasteiger partial charge is 0.241 e. The van der Waals surface area contributed by atoms with Crippen LogP contribution in [0.5, 0.6) is 0 Å². The van der Waals surface area contributed by atoms with Crippen LogP contribution in [0.4, 0.5) is 0 Å². The molecule has 4 heteroatoms. The number of nitrogens with one attached hydrogen (secondary N) is 2. The van der Waals surface area contributed by atoms with Gasteiger partial charge in [0.25, 0.3) is 0 Å². The van der Waals surface area contributed by atoms with Crippen molar-refractivity contribution in [3.63, 3.8) is 0 Å². The highest BCUT2D eigenvalue weighted by molar-refractivity contribution is 6.30. The van der Waals surface area contributed by atoms with Crippen molar-refractivity contribution in [1.82, 2.24) is 10.6 Å². The number of rotatable bonds is 3. The molecule has 1 rings (SSSR count). The van der Waals surface area contributed by atoms with Crippen LogP contribution < -0.4 is 10.6 Å². The molecule has 0 aliphatic carbocycles. The van der Waals surface area contributed by atoms with Gasteiger partial charge in [0.15, 0.2) is 0 Å². The molecule has 0 aliphatic rings. The third kappa shape index (κ3) is 2.47. The molecule has 0 aromatic heterocycles. The van der Waals surface area contributed by atoms with E-state index in [1.807, 2.05) is 12.1 Å². The molecule has 0 fully saturated rings. The van der Waals surface area contributed by atoms with E-state index in [1.165, 1.54) is 0 Å². The molecule has 76 valence electrons. The minimum atomic E-state index is -0.322. The largest absolute Gasteiger partial charge is 0.358 e. The summed E-state index contributed by atoms with van der Waals surface area (Å²) in [6, 6.07) is 6.88. The number of carbonyl (C=O) groups is 1. The molecule has 0 radical (unpaired) electrons. The van der Waals surface area contributed by atoms with Gasteiger partial charge in [0.05, 0.1) is 0 Å². The number of likely N-dealkylation sites (N-methyl/N-ethyl adjacent to an activating group) is 2. The van der Waals surface area contributed by atoms with Gasteiger partial charge in [-0.05, 0) is 24.7 Å². The minimum Gasteiger partial charge on any atom is -0.358 e. The molecule has 0 spiro atoms. The maximum atomic E-state index is 11.4. The van der Waals surface area contributed by atoms with Crippen LogP contribution >= 0.6 is 11.6 Å². The Morgan fingerprint density at radius 3 is 2.29 bits per heavy atom. The van der Waals surface area contributed by atoms with E-state index in [0.717, 1.165) is 5.56 Å². The van der Waals surface area contributed by atoms with E-state index in [0.29, 0.717) is 5.02 Å². The second kappa shape index (κ2) is 4.98. The number of amides is 1. The lowest BCUT2D eigenvalue weighted by atomic mass is 10.1. The predicted molar refractivity (Wildman–Crippen MR) is 57.3 cm³/mol. The van der Waals surface area contributed by atoms with Gasteiger partial charge in [-0.3, -0.25) is 4.79 Å². The highest BCUT2D eigenvalue weighted by Crippen LogP contribution is 2.16. The summed E-state index contributed by atoms with van der Waals surface area (Å²) in [5.41, 5.74) is 0.899. The lowest BCUT2D eigenvalue weighted by Gasteiger charge is -2.14. The number of benzene rings is 1. The van der Waals surface area contributed by atoms with E-state index >= 15 is 0 Å². The summed E-state index contributed by atoms with van der Waals surface area (Å²) < 4.78 is 0. The summed E-state index contributed by atoms with van der Waals surface area (Å²) in [6.07, 6.45) is 0. The molecule has 2 N–H and O–H groups in total. The van der Waals surface area contributed by atoms with Crippen LogP contribution in [-0.4, -0.2) is 20.0 Å². The van der Waals surface area contributed by atoms with Crippen LogP contribution in [0.2, 0.25) is 5.02 Å². The number of halogens is 1. The van der Waals surface area contributed by atoms with Gasteiger partial charge in [-0.25, -0.2) is 0 Å². The maximum Gasteiger partial charge on any atom is 0.241 e. The lowest BCUT2D eigenvalue weighted by molar-refractivity contribution is -0.122. The average Bonchev–Trinajstić information content (AvgIpc) is 2.21.